The maximum atomic E-state index is 5.96. The van der Waals surface area contributed by atoms with Gasteiger partial charge in [-0.05, 0) is 47.5 Å². The van der Waals surface area contributed by atoms with Crippen molar-refractivity contribution in [2.75, 3.05) is 12.8 Å². The number of anilines is 1. The molecule has 0 fully saturated rings. The molecule has 0 aliphatic carbocycles. The molecule has 98 valence electrons. The Morgan fingerprint density at radius 1 is 1.11 bits per heavy atom. The van der Waals surface area contributed by atoms with Gasteiger partial charge >= 0.3 is 0 Å². The minimum Gasteiger partial charge on any atom is -0.497 e. The number of hydrogen-bond donors (Lipinski definition) is 1. The maximum absolute atomic E-state index is 5.96. The molecule has 2 aromatic carbocycles. The smallest absolute Gasteiger partial charge is 0.119 e. The molecule has 0 unspecified atom stereocenters. The van der Waals surface area contributed by atoms with Gasteiger partial charge in [-0.3, -0.25) is 0 Å². The molecule has 0 bridgehead atoms. The molecule has 2 nitrogen and oxygen atoms in total. The molecule has 2 aromatic rings. The number of nitrogens with two attached hydrogens (primary N) is 1. The van der Waals surface area contributed by atoms with E-state index in [0.717, 1.165) is 21.3 Å². The average molecular weight is 339 g/mol. The Morgan fingerprint density at radius 3 is 2.58 bits per heavy atom. The van der Waals surface area contributed by atoms with Crippen LogP contribution >= 0.6 is 27.5 Å². The lowest BCUT2D eigenvalue weighted by atomic mass is 10.1. The third-order valence-corrected chi connectivity index (χ3v) is 3.65. The third kappa shape index (κ3) is 3.52. The van der Waals surface area contributed by atoms with E-state index in [0.29, 0.717) is 10.7 Å². The van der Waals surface area contributed by atoms with Crippen molar-refractivity contribution in [2.45, 2.75) is 0 Å². The normalized spacial score (nSPS) is 10.9. The Labute approximate surface area is 126 Å². The second kappa shape index (κ2) is 6.13. The summed E-state index contributed by atoms with van der Waals surface area (Å²) >= 11 is 9.46. The van der Waals surface area contributed by atoms with Gasteiger partial charge < -0.3 is 10.5 Å². The van der Waals surface area contributed by atoms with Gasteiger partial charge in [0.15, 0.2) is 0 Å². The second-order valence-corrected chi connectivity index (χ2v) is 5.28. The molecule has 0 atom stereocenters. The second-order valence-electron chi connectivity index (χ2n) is 3.99. The molecule has 4 heteroatoms. The van der Waals surface area contributed by atoms with Gasteiger partial charge in [0.1, 0.15) is 5.75 Å². The van der Waals surface area contributed by atoms with Gasteiger partial charge in [0.05, 0.1) is 7.11 Å². The molecule has 0 aliphatic rings. The zero-order valence-electron chi connectivity index (χ0n) is 10.4. The molecule has 2 N–H and O–H groups in total. The van der Waals surface area contributed by atoms with Gasteiger partial charge in [-0.25, -0.2) is 0 Å². The molecule has 0 heterocycles. The van der Waals surface area contributed by atoms with E-state index in [4.69, 9.17) is 22.1 Å². The highest BCUT2D eigenvalue weighted by Gasteiger charge is 2.00. The Hall–Kier alpha value is -1.45. The van der Waals surface area contributed by atoms with Crippen LogP contribution in [0.4, 0.5) is 5.69 Å². The standard InChI is InChI=1S/C15H13BrClNO/c1-19-13-5-6-14(16)10(9-13)2-3-11-8-12(17)4-7-15(11)18/h2-9H,18H2,1H3. The van der Waals surface area contributed by atoms with Crippen LogP contribution < -0.4 is 10.5 Å². The summed E-state index contributed by atoms with van der Waals surface area (Å²) in [7, 11) is 1.64. The Balaban J connectivity index is 2.34. The lowest BCUT2D eigenvalue weighted by Crippen LogP contribution is -1.88. The first kappa shape index (κ1) is 14.0. The summed E-state index contributed by atoms with van der Waals surface area (Å²) in [5.41, 5.74) is 8.50. The highest BCUT2D eigenvalue weighted by molar-refractivity contribution is 9.10. The van der Waals surface area contributed by atoms with E-state index < -0.39 is 0 Å². The van der Waals surface area contributed by atoms with Gasteiger partial charge in [0.25, 0.3) is 0 Å². The molecule has 0 saturated heterocycles. The van der Waals surface area contributed by atoms with Crippen LogP contribution in [0.15, 0.2) is 40.9 Å². The summed E-state index contributed by atoms with van der Waals surface area (Å²) in [5.74, 6) is 0.807. The number of hydrogen-bond acceptors (Lipinski definition) is 2. The van der Waals surface area contributed by atoms with Crippen molar-refractivity contribution in [1.82, 2.24) is 0 Å². The van der Waals surface area contributed by atoms with Crippen LogP contribution in [0, 0.1) is 0 Å². The van der Waals surface area contributed by atoms with Crippen molar-refractivity contribution >= 4 is 45.4 Å². The number of methoxy groups -OCH3 is 1. The van der Waals surface area contributed by atoms with Crippen LogP contribution in [0.5, 0.6) is 5.75 Å². The van der Waals surface area contributed by atoms with E-state index in [9.17, 15) is 0 Å². The predicted octanol–water partition coefficient (Wildman–Crippen LogP) is 4.86. The first-order chi connectivity index (χ1) is 9.10. The monoisotopic (exact) mass is 337 g/mol. The Morgan fingerprint density at radius 2 is 1.84 bits per heavy atom. The lowest BCUT2D eigenvalue weighted by molar-refractivity contribution is 0.414. The molecule has 0 spiro atoms. The van der Waals surface area contributed by atoms with E-state index in [1.165, 1.54) is 0 Å². The first-order valence-electron chi connectivity index (χ1n) is 5.67. The van der Waals surface area contributed by atoms with Crippen LogP contribution in [0.1, 0.15) is 11.1 Å². The number of benzene rings is 2. The summed E-state index contributed by atoms with van der Waals surface area (Å²) in [4.78, 5) is 0. The lowest BCUT2D eigenvalue weighted by Gasteiger charge is -2.04. The number of nitrogen functional groups attached to an aromatic ring is 1. The van der Waals surface area contributed by atoms with Crippen LogP contribution in [-0.4, -0.2) is 7.11 Å². The summed E-state index contributed by atoms with van der Waals surface area (Å²) in [5, 5.41) is 0.665. The molecular formula is C15H13BrClNO. The van der Waals surface area contributed by atoms with Crippen LogP contribution in [0.3, 0.4) is 0 Å². The largest absolute Gasteiger partial charge is 0.497 e. The van der Waals surface area contributed by atoms with Crippen LogP contribution in [-0.2, 0) is 0 Å². The highest BCUT2D eigenvalue weighted by atomic mass is 79.9. The molecule has 2 rings (SSSR count). The molecule has 0 radical (unpaired) electrons. The molecule has 0 amide bonds. The van der Waals surface area contributed by atoms with E-state index in [-0.39, 0.29) is 0 Å². The van der Waals surface area contributed by atoms with E-state index >= 15 is 0 Å². The van der Waals surface area contributed by atoms with Gasteiger partial charge in [-0.15, -0.1) is 0 Å². The zero-order valence-corrected chi connectivity index (χ0v) is 12.7. The van der Waals surface area contributed by atoms with Gasteiger partial charge in [0.2, 0.25) is 0 Å². The van der Waals surface area contributed by atoms with Crippen molar-refractivity contribution in [3.8, 4) is 5.75 Å². The van der Waals surface area contributed by atoms with Crippen LogP contribution in [0.2, 0.25) is 5.02 Å². The SMILES string of the molecule is COc1ccc(Br)c(C=Cc2cc(Cl)ccc2N)c1. The predicted molar refractivity (Wildman–Crippen MR) is 85.5 cm³/mol. The Bertz CT molecular complexity index is 626. The van der Waals surface area contributed by atoms with Crippen molar-refractivity contribution in [2.24, 2.45) is 0 Å². The summed E-state index contributed by atoms with van der Waals surface area (Å²) in [6, 6.07) is 11.2. The number of rotatable bonds is 3. The van der Waals surface area contributed by atoms with Crippen LogP contribution in [0.25, 0.3) is 12.2 Å². The minimum atomic E-state index is 0.665. The third-order valence-electron chi connectivity index (χ3n) is 2.69. The zero-order chi connectivity index (χ0) is 13.8. The number of halogens is 2. The van der Waals surface area contributed by atoms with Crippen molar-refractivity contribution in [3.05, 3.63) is 57.0 Å². The highest BCUT2D eigenvalue weighted by Crippen LogP contribution is 2.26. The van der Waals surface area contributed by atoms with Crippen molar-refractivity contribution < 1.29 is 4.74 Å². The summed E-state index contributed by atoms with van der Waals surface area (Å²) in [6.45, 7) is 0. The van der Waals surface area contributed by atoms with Crippen molar-refractivity contribution in [3.63, 3.8) is 0 Å². The minimum absolute atomic E-state index is 0.665. The van der Waals surface area contributed by atoms with Crippen molar-refractivity contribution in [1.29, 1.82) is 0 Å². The van der Waals surface area contributed by atoms with E-state index in [1.807, 2.05) is 36.4 Å². The number of ether oxygens (including phenoxy) is 1. The average Bonchev–Trinajstić information content (AvgIpc) is 2.41. The fourth-order valence-electron chi connectivity index (χ4n) is 1.65. The van der Waals surface area contributed by atoms with Gasteiger partial charge in [0, 0.05) is 15.2 Å². The van der Waals surface area contributed by atoms with E-state index in [1.54, 1.807) is 19.2 Å². The Kier molecular flexibility index (Phi) is 4.51. The summed E-state index contributed by atoms with van der Waals surface area (Å²) < 4.78 is 6.20. The van der Waals surface area contributed by atoms with Gasteiger partial charge in [-0.2, -0.15) is 0 Å². The fraction of sp³-hybridized carbons (Fsp3) is 0.0667. The molecule has 0 aromatic heterocycles. The maximum Gasteiger partial charge on any atom is 0.119 e. The summed E-state index contributed by atoms with van der Waals surface area (Å²) in [6.07, 6.45) is 3.90. The van der Waals surface area contributed by atoms with E-state index in [2.05, 4.69) is 15.9 Å². The molecule has 0 aliphatic heterocycles. The molecule has 19 heavy (non-hydrogen) atoms. The van der Waals surface area contributed by atoms with Gasteiger partial charge in [-0.1, -0.05) is 39.7 Å². The fourth-order valence-corrected chi connectivity index (χ4v) is 2.21. The molecule has 0 saturated carbocycles. The molecular weight excluding hydrogens is 326 g/mol. The quantitative estimate of drug-likeness (QED) is 0.640. The first-order valence-corrected chi connectivity index (χ1v) is 6.84. The topological polar surface area (TPSA) is 35.2 Å².